The van der Waals surface area contributed by atoms with Gasteiger partial charge in [-0.05, 0) is 0 Å². The van der Waals surface area contributed by atoms with Crippen LogP contribution in [0, 0.1) is 0 Å². The molecule has 0 N–H and O–H groups in total. The molecular formula is C4H4BrNO2. The number of aromatic nitrogens is 1. The first kappa shape index (κ1) is 5.62. The van der Waals surface area contributed by atoms with Crippen molar-refractivity contribution in [3.63, 3.8) is 0 Å². The highest BCUT2D eigenvalue weighted by Crippen LogP contribution is 2.15. The topological polar surface area (TPSA) is 35.3 Å². The van der Waals surface area contributed by atoms with Crippen molar-refractivity contribution in [1.82, 2.24) is 4.98 Å². The van der Waals surface area contributed by atoms with Crippen LogP contribution in [-0.4, -0.2) is 12.1 Å². The number of rotatable bonds is 1. The summed E-state index contributed by atoms with van der Waals surface area (Å²) in [6.07, 6.45) is 1.49. The normalized spacial score (nSPS) is 9.25. The Labute approximate surface area is 54.8 Å². The number of nitrogens with zero attached hydrogens (tertiary/aromatic N) is 1. The van der Waals surface area contributed by atoms with Crippen molar-refractivity contribution in [3.05, 3.63) is 11.0 Å². The molecule has 0 bridgehead atoms. The van der Waals surface area contributed by atoms with E-state index in [1.165, 1.54) is 13.3 Å². The van der Waals surface area contributed by atoms with Crippen LogP contribution >= 0.6 is 15.9 Å². The third-order valence-electron chi connectivity index (χ3n) is 0.657. The molecule has 1 aromatic rings. The van der Waals surface area contributed by atoms with Crippen LogP contribution < -0.4 is 4.74 Å². The highest BCUT2D eigenvalue weighted by molar-refractivity contribution is 9.10. The highest BCUT2D eigenvalue weighted by Gasteiger charge is 1.95. The van der Waals surface area contributed by atoms with Crippen LogP contribution in [0.4, 0.5) is 0 Å². The number of hydrogen-bond acceptors (Lipinski definition) is 3. The molecule has 1 rings (SSSR count). The van der Waals surface area contributed by atoms with E-state index >= 15 is 0 Å². The second-order valence-corrected chi connectivity index (χ2v) is 1.81. The minimum atomic E-state index is 0.414. The van der Waals surface area contributed by atoms with E-state index in [9.17, 15) is 0 Å². The molecule has 3 nitrogen and oxygen atoms in total. The van der Waals surface area contributed by atoms with Gasteiger partial charge < -0.3 is 9.15 Å². The lowest BCUT2D eigenvalue weighted by Crippen LogP contribution is -1.75. The average molecular weight is 178 g/mol. The van der Waals surface area contributed by atoms with Crippen molar-refractivity contribution < 1.29 is 9.15 Å². The number of methoxy groups -OCH3 is 1. The molecule has 0 radical (unpaired) electrons. The molecule has 0 aliphatic heterocycles. The standard InChI is InChI=1S/C4H4BrNO2/c1-7-3-2-6-4(5)8-3/h2H,1H3. The third-order valence-corrected chi connectivity index (χ3v) is 1.02. The van der Waals surface area contributed by atoms with Crippen molar-refractivity contribution in [2.45, 2.75) is 0 Å². The van der Waals surface area contributed by atoms with E-state index in [1.807, 2.05) is 0 Å². The molecule has 1 aromatic heterocycles. The van der Waals surface area contributed by atoms with E-state index in [2.05, 4.69) is 25.7 Å². The maximum Gasteiger partial charge on any atom is 0.305 e. The molecule has 1 heterocycles. The Balaban J connectivity index is 2.84. The first-order chi connectivity index (χ1) is 3.83. The molecule has 0 saturated carbocycles. The second-order valence-electron chi connectivity index (χ2n) is 1.14. The quantitative estimate of drug-likeness (QED) is 0.652. The molecule has 0 fully saturated rings. The zero-order valence-corrected chi connectivity index (χ0v) is 5.81. The molecule has 0 aliphatic carbocycles. The fourth-order valence-corrected chi connectivity index (χ4v) is 0.595. The summed E-state index contributed by atoms with van der Waals surface area (Å²) in [6.45, 7) is 0. The van der Waals surface area contributed by atoms with Crippen LogP contribution in [0.1, 0.15) is 0 Å². The van der Waals surface area contributed by atoms with Crippen LogP contribution in [0.3, 0.4) is 0 Å². The molecule has 0 saturated heterocycles. The van der Waals surface area contributed by atoms with Crippen LogP contribution in [-0.2, 0) is 0 Å². The van der Waals surface area contributed by atoms with Gasteiger partial charge in [0.15, 0.2) is 0 Å². The monoisotopic (exact) mass is 177 g/mol. The van der Waals surface area contributed by atoms with Gasteiger partial charge in [-0.15, -0.1) is 0 Å². The van der Waals surface area contributed by atoms with Crippen molar-refractivity contribution in [3.8, 4) is 5.95 Å². The third kappa shape index (κ3) is 1.01. The van der Waals surface area contributed by atoms with Gasteiger partial charge in [0.2, 0.25) is 0 Å². The van der Waals surface area contributed by atoms with Crippen LogP contribution in [0.5, 0.6) is 5.95 Å². The van der Waals surface area contributed by atoms with Crippen LogP contribution in [0.25, 0.3) is 0 Å². The number of ether oxygens (including phenoxy) is 1. The summed E-state index contributed by atoms with van der Waals surface area (Å²) < 4.78 is 9.49. The average Bonchev–Trinajstić information content (AvgIpc) is 2.14. The van der Waals surface area contributed by atoms with E-state index in [-0.39, 0.29) is 0 Å². The second kappa shape index (κ2) is 2.17. The lowest BCUT2D eigenvalue weighted by molar-refractivity contribution is 0.298. The van der Waals surface area contributed by atoms with Gasteiger partial charge in [-0.2, -0.15) is 0 Å². The number of oxazole rings is 1. The van der Waals surface area contributed by atoms with Gasteiger partial charge in [0.1, 0.15) is 6.20 Å². The van der Waals surface area contributed by atoms with Crippen molar-refractivity contribution in [2.24, 2.45) is 0 Å². The zero-order chi connectivity index (χ0) is 5.98. The van der Waals surface area contributed by atoms with E-state index in [4.69, 9.17) is 4.42 Å². The minimum absolute atomic E-state index is 0.414. The highest BCUT2D eigenvalue weighted by atomic mass is 79.9. The molecule has 0 amide bonds. The first-order valence-electron chi connectivity index (χ1n) is 1.98. The maximum atomic E-state index is 4.82. The summed E-state index contributed by atoms with van der Waals surface area (Å²) >= 11 is 3.02. The lowest BCUT2D eigenvalue weighted by atomic mass is 10.9. The van der Waals surface area contributed by atoms with E-state index in [1.54, 1.807) is 0 Å². The zero-order valence-electron chi connectivity index (χ0n) is 4.22. The fraction of sp³-hybridized carbons (Fsp3) is 0.250. The molecule has 0 spiro atoms. The van der Waals surface area contributed by atoms with Gasteiger partial charge in [0.05, 0.1) is 7.11 Å². The van der Waals surface area contributed by atoms with Crippen molar-refractivity contribution in [2.75, 3.05) is 7.11 Å². The van der Waals surface area contributed by atoms with Gasteiger partial charge in [-0.25, -0.2) is 4.98 Å². The summed E-state index contributed by atoms with van der Waals surface area (Å²) in [5, 5.41) is 0. The van der Waals surface area contributed by atoms with Gasteiger partial charge in [0.25, 0.3) is 4.80 Å². The van der Waals surface area contributed by atoms with E-state index < -0.39 is 0 Å². The maximum absolute atomic E-state index is 4.82. The Bertz CT molecular complexity index is 174. The van der Waals surface area contributed by atoms with Crippen molar-refractivity contribution >= 4 is 15.9 Å². The minimum Gasteiger partial charge on any atom is -0.467 e. The van der Waals surface area contributed by atoms with Gasteiger partial charge >= 0.3 is 5.95 Å². The molecule has 0 atom stereocenters. The lowest BCUT2D eigenvalue weighted by Gasteiger charge is -1.85. The van der Waals surface area contributed by atoms with Crippen molar-refractivity contribution in [1.29, 1.82) is 0 Å². The largest absolute Gasteiger partial charge is 0.467 e. The molecule has 0 aliphatic rings. The van der Waals surface area contributed by atoms with E-state index in [0.29, 0.717) is 10.7 Å². The van der Waals surface area contributed by atoms with Crippen LogP contribution in [0.15, 0.2) is 15.4 Å². The Morgan fingerprint density at radius 2 is 2.62 bits per heavy atom. The summed E-state index contributed by atoms with van der Waals surface area (Å²) in [5.74, 6) is 0.414. The molecule has 8 heavy (non-hydrogen) atoms. The summed E-state index contributed by atoms with van der Waals surface area (Å²) in [4.78, 5) is 4.15. The molecular weight excluding hydrogens is 174 g/mol. The van der Waals surface area contributed by atoms with Crippen LogP contribution in [0.2, 0.25) is 0 Å². The van der Waals surface area contributed by atoms with Gasteiger partial charge in [-0.1, -0.05) is 0 Å². The Morgan fingerprint density at radius 1 is 1.88 bits per heavy atom. The predicted molar refractivity (Wildman–Crippen MR) is 30.8 cm³/mol. The number of halogens is 1. The molecule has 4 heteroatoms. The fourth-order valence-electron chi connectivity index (χ4n) is 0.334. The summed E-state index contributed by atoms with van der Waals surface area (Å²) in [5.41, 5.74) is 0. The van der Waals surface area contributed by atoms with E-state index in [0.717, 1.165) is 0 Å². The SMILES string of the molecule is COc1cnc(Br)o1. The molecule has 44 valence electrons. The smallest absolute Gasteiger partial charge is 0.305 e. The summed E-state index contributed by atoms with van der Waals surface area (Å²) in [7, 11) is 1.52. The Hall–Kier alpha value is -0.510. The molecule has 0 unspecified atom stereocenters. The number of hydrogen-bond donors (Lipinski definition) is 0. The first-order valence-corrected chi connectivity index (χ1v) is 2.77. The Morgan fingerprint density at radius 3 is 2.88 bits per heavy atom. The van der Waals surface area contributed by atoms with Gasteiger partial charge in [-0.3, -0.25) is 0 Å². The van der Waals surface area contributed by atoms with Gasteiger partial charge in [0, 0.05) is 15.9 Å². The molecule has 0 aromatic carbocycles. The Kier molecular flexibility index (Phi) is 1.53. The predicted octanol–water partition coefficient (Wildman–Crippen LogP) is 1.45. The summed E-state index contributed by atoms with van der Waals surface area (Å²) in [6, 6.07) is 0.